The number of pyridine rings is 2. The number of aromatic amines is 2. The minimum absolute atomic E-state index is 0.203. The third-order valence-corrected chi connectivity index (χ3v) is 8.24. The highest BCUT2D eigenvalue weighted by Gasteiger charge is 2.19. The number of hydrogen-bond acceptors (Lipinski definition) is 6. The second-order valence-corrected chi connectivity index (χ2v) is 10.8. The van der Waals surface area contributed by atoms with Gasteiger partial charge in [-0.05, 0) is 84.4 Å². The van der Waals surface area contributed by atoms with Crippen LogP contribution < -0.4 is 10.5 Å². The number of fused-ring (bicyclic) bond motifs is 2. The van der Waals surface area contributed by atoms with Crippen LogP contribution in [0.2, 0.25) is 0 Å². The largest absolute Gasteiger partial charge is 0.393 e. The lowest BCUT2D eigenvalue weighted by atomic mass is 10.0. The third-order valence-electron chi connectivity index (χ3n) is 7.27. The zero-order chi connectivity index (χ0) is 26.3. The van der Waals surface area contributed by atoms with Crippen LogP contribution in [-0.4, -0.2) is 48.2 Å². The van der Waals surface area contributed by atoms with Gasteiger partial charge in [0.25, 0.3) is 5.56 Å². The Bertz CT molecular complexity index is 1850. The van der Waals surface area contributed by atoms with Crippen LogP contribution in [0.15, 0.2) is 95.0 Å². The van der Waals surface area contributed by atoms with Crippen molar-refractivity contribution in [3.05, 3.63) is 95.7 Å². The van der Waals surface area contributed by atoms with Crippen molar-refractivity contribution in [3.63, 3.8) is 0 Å². The Hall–Kier alpha value is -4.34. The van der Waals surface area contributed by atoms with E-state index in [2.05, 4.69) is 48.1 Å². The fraction of sp³-hybridized carbons (Fsp3) is 0.167. The highest BCUT2D eigenvalue weighted by Crippen LogP contribution is 2.33. The molecule has 1 saturated heterocycles. The molecule has 7 rings (SSSR count). The Kier molecular flexibility index (Phi) is 5.94. The first-order chi connectivity index (χ1) is 19.1. The van der Waals surface area contributed by atoms with Crippen LogP contribution in [-0.2, 0) is 0 Å². The van der Waals surface area contributed by atoms with Gasteiger partial charge in [-0.25, -0.2) is 9.97 Å². The fourth-order valence-electron chi connectivity index (χ4n) is 5.19. The van der Waals surface area contributed by atoms with Crippen molar-refractivity contribution >= 4 is 39.7 Å². The predicted octanol–water partition coefficient (Wildman–Crippen LogP) is 5.45. The normalized spacial score (nSPS) is 14.4. The molecule has 0 radical (unpaired) electrons. The summed E-state index contributed by atoms with van der Waals surface area (Å²) in [4.78, 5) is 32.0. The number of nitrogens with one attached hydrogen (secondary N) is 2. The molecule has 0 saturated carbocycles. The molecule has 2 aromatic carbocycles. The van der Waals surface area contributed by atoms with E-state index < -0.39 is 0 Å². The standard InChI is InChI=1S/C30H26N6O2S/c37-21-9-13-35(14-10-21)20-6-7-26-27(17-20)34-28(33-26)25-16-19(18-32-30(25)38)23-8-12-31-29-24(23)11-15-36(29)39-22-4-2-1-3-5-22/h1-8,11-12,15-18,21,37H,9-10,13-14H2,(H,32,38)(H,33,34). The average molecular weight is 535 g/mol. The van der Waals surface area contributed by atoms with Crippen LogP contribution in [0.1, 0.15) is 12.8 Å². The number of aliphatic hydroxyl groups excluding tert-OH is 1. The summed E-state index contributed by atoms with van der Waals surface area (Å²) in [7, 11) is 0. The van der Waals surface area contributed by atoms with Gasteiger partial charge < -0.3 is 20.0 Å². The van der Waals surface area contributed by atoms with Crippen LogP contribution in [0.3, 0.4) is 0 Å². The van der Waals surface area contributed by atoms with Crippen LogP contribution in [0.4, 0.5) is 5.69 Å². The van der Waals surface area contributed by atoms with Crippen LogP contribution in [0.5, 0.6) is 0 Å². The molecular formula is C30H26N6O2S. The molecule has 1 aliphatic rings. The fourth-order valence-corrected chi connectivity index (χ4v) is 6.05. The van der Waals surface area contributed by atoms with Crippen LogP contribution >= 0.6 is 11.9 Å². The molecule has 3 N–H and O–H groups in total. The third kappa shape index (κ3) is 4.49. The molecule has 1 aliphatic heterocycles. The molecule has 6 aromatic rings. The summed E-state index contributed by atoms with van der Waals surface area (Å²) >= 11 is 1.61. The number of aliphatic hydroxyl groups is 1. The Morgan fingerprint density at radius 3 is 2.67 bits per heavy atom. The maximum absolute atomic E-state index is 12.9. The minimum Gasteiger partial charge on any atom is -0.393 e. The summed E-state index contributed by atoms with van der Waals surface area (Å²) in [5, 5.41) is 10.8. The Morgan fingerprint density at radius 2 is 1.82 bits per heavy atom. The highest BCUT2D eigenvalue weighted by molar-refractivity contribution is 7.98. The maximum Gasteiger partial charge on any atom is 0.259 e. The van der Waals surface area contributed by atoms with E-state index in [1.54, 1.807) is 24.3 Å². The molecule has 0 atom stereocenters. The topological polar surface area (TPSA) is 103 Å². The van der Waals surface area contributed by atoms with E-state index in [0.29, 0.717) is 11.4 Å². The number of aromatic nitrogens is 5. The maximum atomic E-state index is 12.9. The Balaban J connectivity index is 1.24. The van der Waals surface area contributed by atoms with E-state index in [0.717, 1.165) is 69.7 Å². The van der Waals surface area contributed by atoms with E-state index in [1.165, 1.54) is 0 Å². The van der Waals surface area contributed by atoms with Gasteiger partial charge in [0, 0.05) is 47.6 Å². The molecule has 0 unspecified atom stereocenters. The lowest BCUT2D eigenvalue weighted by Gasteiger charge is -2.31. The van der Waals surface area contributed by atoms with E-state index in [1.807, 2.05) is 48.7 Å². The first-order valence-corrected chi connectivity index (χ1v) is 13.8. The Labute approximate surface area is 228 Å². The zero-order valence-corrected chi connectivity index (χ0v) is 21.9. The van der Waals surface area contributed by atoms with Gasteiger partial charge in [0.15, 0.2) is 5.65 Å². The summed E-state index contributed by atoms with van der Waals surface area (Å²) in [6, 6.07) is 22.2. The zero-order valence-electron chi connectivity index (χ0n) is 21.0. The van der Waals surface area contributed by atoms with E-state index in [4.69, 9.17) is 4.98 Å². The number of anilines is 1. The number of H-pyrrole nitrogens is 2. The second kappa shape index (κ2) is 9.76. The number of rotatable bonds is 5. The number of piperidine rings is 1. The highest BCUT2D eigenvalue weighted by atomic mass is 32.2. The molecule has 0 spiro atoms. The first-order valence-electron chi connectivity index (χ1n) is 13.0. The van der Waals surface area contributed by atoms with Gasteiger partial charge in [-0.1, -0.05) is 18.2 Å². The molecule has 8 nitrogen and oxygen atoms in total. The van der Waals surface area contributed by atoms with Gasteiger partial charge in [-0.15, -0.1) is 0 Å². The molecule has 194 valence electrons. The van der Waals surface area contributed by atoms with Crippen molar-refractivity contribution in [2.75, 3.05) is 18.0 Å². The minimum atomic E-state index is -0.219. The second-order valence-electron chi connectivity index (χ2n) is 9.78. The molecule has 1 fully saturated rings. The van der Waals surface area contributed by atoms with E-state index >= 15 is 0 Å². The number of hydrogen-bond donors (Lipinski definition) is 3. The summed E-state index contributed by atoms with van der Waals surface area (Å²) in [5.74, 6) is 0.529. The monoisotopic (exact) mass is 534 g/mol. The van der Waals surface area contributed by atoms with Crippen molar-refractivity contribution in [2.45, 2.75) is 23.8 Å². The quantitative estimate of drug-likeness (QED) is 0.272. The van der Waals surface area contributed by atoms with E-state index in [9.17, 15) is 9.90 Å². The summed E-state index contributed by atoms with van der Waals surface area (Å²) in [5.41, 5.74) is 5.75. The smallest absolute Gasteiger partial charge is 0.259 e. The molecule has 0 bridgehead atoms. The van der Waals surface area contributed by atoms with Crippen molar-refractivity contribution < 1.29 is 5.11 Å². The van der Waals surface area contributed by atoms with Crippen LogP contribution in [0.25, 0.3) is 44.6 Å². The number of imidazole rings is 1. The van der Waals surface area contributed by atoms with Gasteiger partial charge in [0.1, 0.15) is 5.82 Å². The molecule has 39 heavy (non-hydrogen) atoms. The van der Waals surface area contributed by atoms with Crippen molar-refractivity contribution in [1.29, 1.82) is 0 Å². The average Bonchev–Trinajstić information content (AvgIpc) is 3.58. The van der Waals surface area contributed by atoms with Gasteiger partial charge in [0.05, 0.1) is 22.7 Å². The Morgan fingerprint density at radius 1 is 0.974 bits per heavy atom. The van der Waals surface area contributed by atoms with Crippen molar-refractivity contribution in [3.8, 4) is 22.5 Å². The summed E-state index contributed by atoms with van der Waals surface area (Å²) < 4.78 is 2.06. The van der Waals surface area contributed by atoms with Crippen LogP contribution in [0, 0.1) is 0 Å². The van der Waals surface area contributed by atoms with Crippen molar-refractivity contribution in [2.24, 2.45) is 0 Å². The van der Waals surface area contributed by atoms with Gasteiger partial charge >= 0.3 is 0 Å². The first kappa shape index (κ1) is 23.8. The predicted molar refractivity (Wildman–Crippen MR) is 156 cm³/mol. The number of benzene rings is 2. The van der Waals surface area contributed by atoms with Gasteiger partial charge in [-0.2, -0.15) is 0 Å². The lowest BCUT2D eigenvalue weighted by Crippen LogP contribution is -2.35. The molecule has 0 aliphatic carbocycles. The van der Waals surface area contributed by atoms with Crippen molar-refractivity contribution in [1.82, 2.24) is 23.9 Å². The molecule has 4 aromatic heterocycles. The number of nitrogens with zero attached hydrogens (tertiary/aromatic N) is 4. The molecule has 5 heterocycles. The molecule has 9 heteroatoms. The van der Waals surface area contributed by atoms with E-state index in [-0.39, 0.29) is 11.7 Å². The van der Waals surface area contributed by atoms with Gasteiger partial charge in [-0.3, -0.25) is 8.77 Å². The summed E-state index contributed by atoms with van der Waals surface area (Å²) in [6.07, 6.45) is 6.88. The SMILES string of the molecule is O=c1[nH]cc(-c2ccnc3c2ccn3Sc2ccccc2)cc1-c1nc2cc(N3CCC(O)CC3)ccc2[nH]1. The molecule has 0 amide bonds. The summed E-state index contributed by atoms with van der Waals surface area (Å²) in [6.45, 7) is 1.63. The van der Waals surface area contributed by atoms with Gasteiger partial charge in [0.2, 0.25) is 0 Å². The molecular weight excluding hydrogens is 508 g/mol. The lowest BCUT2D eigenvalue weighted by molar-refractivity contribution is 0.145.